The van der Waals surface area contributed by atoms with Crippen molar-refractivity contribution in [2.45, 2.75) is 19.2 Å². The fourth-order valence-electron chi connectivity index (χ4n) is 2.07. The molecule has 1 aromatic heterocycles. The summed E-state index contributed by atoms with van der Waals surface area (Å²) in [5.41, 5.74) is 0.271. The molecule has 0 amide bonds. The van der Waals surface area contributed by atoms with E-state index >= 15 is 0 Å². The van der Waals surface area contributed by atoms with Crippen molar-refractivity contribution >= 4 is 17.3 Å². The second-order valence-corrected chi connectivity index (χ2v) is 6.28. The number of ether oxygens (including phenoxy) is 1. The van der Waals surface area contributed by atoms with E-state index in [1.165, 1.54) is 0 Å². The highest BCUT2D eigenvalue weighted by Crippen LogP contribution is 2.29. The van der Waals surface area contributed by atoms with Gasteiger partial charge in [-0.3, -0.25) is 4.99 Å². The minimum Gasteiger partial charge on any atom is -0.375 e. The molecule has 0 radical (unpaired) electrons. The second-order valence-electron chi connectivity index (χ2n) is 5.34. The number of halogens is 3. The molecule has 1 aromatic carbocycles. The maximum Gasteiger partial charge on any atom is 0.434 e. The van der Waals surface area contributed by atoms with Crippen LogP contribution in [0, 0.1) is 0 Å². The van der Waals surface area contributed by atoms with Crippen LogP contribution in [0.2, 0.25) is 0 Å². The Balaban J connectivity index is 1.61. The lowest BCUT2D eigenvalue weighted by Gasteiger charge is -2.11. The number of benzene rings is 1. The summed E-state index contributed by atoms with van der Waals surface area (Å²) in [5.74, 6) is 0.570. The van der Waals surface area contributed by atoms with Gasteiger partial charge in [0.15, 0.2) is 11.7 Å². The quantitative estimate of drug-likeness (QED) is 0.416. The molecule has 0 saturated heterocycles. The first kappa shape index (κ1) is 20.2. The first-order valence-corrected chi connectivity index (χ1v) is 8.95. The predicted molar refractivity (Wildman–Crippen MR) is 96.3 cm³/mol. The predicted octanol–water partition coefficient (Wildman–Crippen LogP) is 3.09. The monoisotopic (exact) mass is 386 g/mol. The Bertz CT molecular complexity index is 689. The maximum absolute atomic E-state index is 12.5. The number of aliphatic imine (C=N–C) groups is 1. The first-order valence-electron chi connectivity index (χ1n) is 8.07. The summed E-state index contributed by atoms with van der Waals surface area (Å²) < 4.78 is 43.1. The number of guanidine groups is 1. The molecular weight excluding hydrogens is 365 g/mol. The summed E-state index contributed by atoms with van der Waals surface area (Å²) in [5, 5.41) is 7.60. The number of nitrogens with zero attached hydrogens (tertiary/aromatic N) is 2. The minimum absolute atomic E-state index is 0.395. The van der Waals surface area contributed by atoms with E-state index in [1.807, 2.05) is 30.3 Å². The highest BCUT2D eigenvalue weighted by atomic mass is 32.1. The third kappa shape index (κ3) is 7.01. The Morgan fingerprint density at radius 2 is 1.92 bits per heavy atom. The van der Waals surface area contributed by atoms with Crippen molar-refractivity contribution in [3.63, 3.8) is 0 Å². The fraction of sp³-hybridized carbons (Fsp3) is 0.412. The molecule has 0 saturated carbocycles. The minimum atomic E-state index is -4.39. The van der Waals surface area contributed by atoms with Crippen molar-refractivity contribution in [1.82, 2.24) is 15.6 Å². The second kappa shape index (κ2) is 10.1. The van der Waals surface area contributed by atoms with Crippen LogP contribution in [0.15, 0.2) is 40.7 Å². The van der Waals surface area contributed by atoms with Gasteiger partial charge < -0.3 is 15.4 Å². The third-order valence-corrected chi connectivity index (χ3v) is 4.26. The van der Waals surface area contributed by atoms with E-state index in [0.717, 1.165) is 22.3 Å². The summed E-state index contributed by atoms with van der Waals surface area (Å²) in [6, 6.07) is 9.87. The van der Waals surface area contributed by atoms with Crippen molar-refractivity contribution in [1.29, 1.82) is 0 Å². The number of hydrogen-bond acceptors (Lipinski definition) is 4. The van der Waals surface area contributed by atoms with Crippen molar-refractivity contribution in [2.24, 2.45) is 4.99 Å². The highest BCUT2D eigenvalue weighted by Gasteiger charge is 2.33. The molecule has 0 aliphatic heterocycles. The lowest BCUT2D eigenvalue weighted by Crippen LogP contribution is -2.39. The van der Waals surface area contributed by atoms with Gasteiger partial charge in [-0.2, -0.15) is 13.2 Å². The molecule has 0 aliphatic rings. The standard InChI is InChI=1S/C17H21F3N4OS/c1-21-16(23-9-10-25-11-13-5-3-2-4-6-13)22-8-7-15-24-14(12-26-15)17(18,19)20/h2-6,12H,7-11H2,1H3,(H2,21,22,23). The largest absolute Gasteiger partial charge is 0.434 e. The molecule has 26 heavy (non-hydrogen) atoms. The van der Waals surface area contributed by atoms with Crippen molar-refractivity contribution in [2.75, 3.05) is 26.7 Å². The van der Waals surface area contributed by atoms with Crippen LogP contribution in [-0.4, -0.2) is 37.7 Å². The summed E-state index contributed by atoms with van der Waals surface area (Å²) in [7, 11) is 1.63. The number of aromatic nitrogens is 1. The van der Waals surface area contributed by atoms with Gasteiger partial charge >= 0.3 is 6.18 Å². The maximum atomic E-state index is 12.5. The van der Waals surface area contributed by atoms with Gasteiger partial charge in [-0.15, -0.1) is 11.3 Å². The molecule has 1 heterocycles. The number of alkyl halides is 3. The van der Waals surface area contributed by atoms with E-state index in [1.54, 1.807) is 7.05 Å². The SMILES string of the molecule is CN=C(NCCOCc1ccccc1)NCCc1nc(C(F)(F)F)cs1. The smallest absolute Gasteiger partial charge is 0.375 e. The van der Waals surface area contributed by atoms with E-state index in [9.17, 15) is 13.2 Å². The highest BCUT2D eigenvalue weighted by molar-refractivity contribution is 7.09. The summed E-state index contributed by atoms with van der Waals surface area (Å²) in [6.07, 6.45) is -3.99. The fourth-order valence-corrected chi connectivity index (χ4v) is 2.88. The van der Waals surface area contributed by atoms with Gasteiger partial charge in [0.1, 0.15) is 0 Å². The van der Waals surface area contributed by atoms with E-state index in [-0.39, 0.29) is 0 Å². The molecule has 0 aliphatic carbocycles. The van der Waals surface area contributed by atoms with Crippen LogP contribution in [0.25, 0.3) is 0 Å². The zero-order chi connectivity index (χ0) is 18.8. The molecule has 0 unspecified atom stereocenters. The number of hydrogen-bond donors (Lipinski definition) is 2. The van der Waals surface area contributed by atoms with E-state index < -0.39 is 11.9 Å². The molecule has 2 aromatic rings. The average molecular weight is 386 g/mol. The van der Waals surface area contributed by atoms with Crippen LogP contribution in [0.5, 0.6) is 0 Å². The van der Waals surface area contributed by atoms with Crippen LogP contribution in [-0.2, 0) is 23.9 Å². The average Bonchev–Trinajstić information content (AvgIpc) is 3.10. The van der Waals surface area contributed by atoms with Gasteiger partial charge in [0.25, 0.3) is 0 Å². The molecule has 9 heteroatoms. The van der Waals surface area contributed by atoms with Crippen LogP contribution in [0.4, 0.5) is 13.2 Å². The Morgan fingerprint density at radius 1 is 1.19 bits per heavy atom. The zero-order valence-corrected chi connectivity index (χ0v) is 15.2. The van der Waals surface area contributed by atoms with Crippen molar-refractivity contribution < 1.29 is 17.9 Å². The van der Waals surface area contributed by atoms with Gasteiger partial charge in [-0.05, 0) is 5.56 Å². The molecule has 2 rings (SSSR count). The van der Waals surface area contributed by atoms with Crippen LogP contribution in [0.3, 0.4) is 0 Å². The Kier molecular flexibility index (Phi) is 7.86. The Morgan fingerprint density at radius 3 is 2.58 bits per heavy atom. The molecular formula is C17H21F3N4OS. The number of thiazole rings is 1. The lowest BCUT2D eigenvalue weighted by molar-refractivity contribution is -0.140. The zero-order valence-electron chi connectivity index (χ0n) is 14.3. The number of rotatable bonds is 8. The van der Waals surface area contributed by atoms with Crippen LogP contribution >= 0.6 is 11.3 Å². The van der Waals surface area contributed by atoms with Gasteiger partial charge in [0, 0.05) is 31.9 Å². The molecule has 5 nitrogen and oxygen atoms in total. The van der Waals surface area contributed by atoms with Crippen LogP contribution in [0.1, 0.15) is 16.3 Å². The van der Waals surface area contributed by atoms with Gasteiger partial charge in [0.05, 0.1) is 18.2 Å². The molecule has 0 spiro atoms. The summed E-state index contributed by atoms with van der Waals surface area (Å²) in [6.45, 7) is 2.06. The van der Waals surface area contributed by atoms with Crippen LogP contribution < -0.4 is 10.6 Å². The first-order chi connectivity index (χ1) is 12.5. The van der Waals surface area contributed by atoms with E-state index in [4.69, 9.17) is 4.74 Å². The van der Waals surface area contributed by atoms with Crippen molar-refractivity contribution in [3.05, 3.63) is 52.0 Å². The van der Waals surface area contributed by atoms with E-state index in [0.29, 0.717) is 43.7 Å². The normalized spacial score (nSPS) is 12.2. The molecule has 0 atom stereocenters. The Hall–Kier alpha value is -2.13. The third-order valence-electron chi connectivity index (χ3n) is 3.35. The molecule has 0 fully saturated rings. The Labute approximate surface area is 154 Å². The molecule has 142 valence electrons. The topological polar surface area (TPSA) is 58.5 Å². The van der Waals surface area contributed by atoms with Gasteiger partial charge in [-0.1, -0.05) is 30.3 Å². The number of nitrogens with one attached hydrogen (secondary N) is 2. The summed E-state index contributed by atoms with van der Waals surface area (Å²) in [4.78, 5) is 7.65. The van der Waals surface area contributed by atoms with Crippen molar-refractivity contribution in [3.8, 4) is 0 Å². The van der Waals surface area contributed by atoms with Gasteiger partial charge in [0.2, 0.25) is 0 Å². The summed E-state index contributed by atoms with van der Waals surface area (Å²) >= 11 is 1.01. The lowest BCUT2D eigenvalue weighted by atomic mass is 10.2. The molecule has 2 N–H and O–H groups in total. The van der Waals surface area contributed by atoms with E-state index in [2.05, 4.69) is 20.6 Å². The van der Waals surface area contributed by atoms with Gasteiger partial charge in [-0.25, -0.2) is 4.98 Å². The molecule has 0 bridgehead atoms.